The SMILES string of the molecule is O=S(=O)(NC(c1nnc(-c2ccccc2)o1)c1ccccc1Cl)c1cccs1. The van der Waals surface area contributed by atoms with Crippen LogP contribution in [0.3, 0.4) is 0 Å². The van der Waals surface area contributed by atoms with E-state index in [-0.39, 0.29) is 10.1 Å². The zero-order valence-corrected chi connectivity index (χ0v) is 16.7. The molecule has 2 aromatic carbocycles. The summed E-state index contributed by atoms with van der Waals surface area (Å²) in [5.74, 6) is 0.398. The first kappa shape index (κ1) is 18.8. The molecule has 4 rings (SSSR count). The van der Waals surface area contributed by atoms with Crippen LogP contribution in [0.25, 0.3) is 11.5 Å². The van der Waals surface area contributed by atoms with Crippen molar-refractivity contribution in [3.8, 4) is 11.5 Å². The summed E-state index contributed by atoms with van der Waals surface area (Å²) in [6.45, 7) is 0. The third kappa shape index (κ3) is 3.85. The lowest BCUT2D eigenvalue weighted by molar-refractivity contribution is 0.465. The number of halogens is 1. The van der Waals surface area contributed by atoms with Crippen LogP contribution in [-0.2, 0) is 10.0 Å². The Bertz CT molecular complexity index is 1180. The summed E-state index contributed by atoms with van der Waals surface area (Å²) >= 11 is 7.44. The van der Waals surface area contributed by atoms with Crippen molar-refractivity contribution in [1.29, 1.82) is 0 Å². The topological polar surface area (TPSA) is 85.1 Å². The molecule has 2 heterocycles. The van der Waals surface area contributed by atoms with E-state index in [0.717, 1.165) is 16.9 Å². The summed E-state index contributed by atoms with van der Waals surface area (Å²) in [4.78, 5) is 0. The average molecular weight is 432 g/mol. The molecule has 9 heteroatoms. The van der Waals surface area contributed by atoms with Crippen molar-refractivity contribution in [1.82, 2.24) is 14.9 Å². The average Bonchev–Trinajstić information content (AvgIpc) is 3.40. The van der Waals surface area contributed by atoms with E-state index in [1.807, 2.05) is 30.3 Å². The molecule has 0 aliphatic heterocycles. The second-order valence-electron chi connectivity index (χ2n) is 5.82. The molecule has 0 spiro atoms. The fraction of sp³-hybridized carbons (Fsp3) is 0.0526. The van der Waals surface area contributed by atoms with E-state index in [1.165, 1.54) is 6.07 Å². The normalized spacial score (nSPS) is 12.8. The molecule has 1 N–H and O–H groups in total. The Balaban J connectivity index is 1.76. The Morgan fingerprint density at radius 2 is 1.71 bits per heavy atom. The van der Waals surface area contributed by atoms with Crippen molar-refractivity contribution in [3.63, 3.8) is 0 Å². The molecule has 1 unspecified atom stereocenters. The van der Waals surface area contributed by atoms with Crippen LogP contribution in [0.1, 0.15) is 17.5 Å². The molecule has 6 nitrogen and oxygen atoms in total. The number of nitrogens with zero attached hydrogens (tertiary/aromatic N) is 2. The lowest BCUT2D eigenvalue weighted by atomic mass is 10.1. The molecular weight excluding hydrogens is 418 g/mol. The highest BCUT2D eigenvalue weighted by molar-refractivity contribution is 7.91. The molecule has 0 radical (unpaired) electrons. The molecule has 0 fully saturated rings. The van der Waals surface area contributed by atoms with Crippen molar-refractivity contribution < 1.29 is 12.8 Å². The number of rotatable bonds is 6. The van der Waals surface area contributed by atoms with Crippen LogP contribution in [0.5, 0.6) is 0 Å². The molecule has 0 bridgehead atoms. The van der Waals surface area contributed by atoms with Crippen molar-refractivity contribution in [2.75, 3.05) is 0 Å². The number of hydrogen-bond acceptors (Lipinski definition) is 6. The maximum absolute atomic E-state index is 12.8. The predicted octanol–water partition coefficient (Wildman–Crippen LogP) is 4.52. The minimum atomic E-state index is -3.80. The third-order valence-corrected chi connectivity index (χ3v) is 7.12. The number of hydrogen-bond donors (Lipinski definition) is 1. The van der Waals surface area contributed by atoms with Gasteiger partial charge < -0.3 is 4.42 Å². The Labute approximate surface area is 170 Å². The minimum Gasteiger partial charge on any atom is -0.419 e. The molecule has 2 aromatic heterocycles. The van der Waals surface area contributed by atoms with Gasteiger partial charge in [0.15, 0.2) is 0 Å². The molecule has 28 heavy (non-hydrogen) atoms. The summed E-state index contributed by atoms with van der Waals surface area (Å²) in [5.41, 5.74) is 1.26. The summed E-state index contributed by atoms with van der Waals surface area (Å²) in [5, 5.41) is 10.2. The molecular formula is C19H14ClN3O3S2. The molecule has 1 atom stereocenters. The van der Waals surface area contributed by atoms with E-state index in [4.69, 9.17) is 16.0 Å². The number of benzene rings is 2. The van der Waals surface area contributed by atoms with Gasteiger partial charge in [-0.1, -0.05) is 54.1 Å². The fourth-order valence-electron chi connectivity index (χ4n) is 2.63. The van der Waals surface area contributed by atoms with Gasteiger partial charge in [-0.2, -0.15) is 4.72 Å². The largest absolute Gasteiger partial charge is 0.419 e. The first-order valence-corrected chi connectivity index (χ1v) is 11.0. The second kappa shape index (κ2) is 7.84. The Morgan fingerprint density at radius 3 is 2.43 bits per heavy atom. The van der Waals surface area contributed by atoms with Crippen molar-refractivity contribution in [2.24, 2.45) is 0 Å². The van der Waals surface area contributed by atoms with Crippen LogP contribution in [-0.4, -0.2) is 18.6 Å². The number of thiophene rings is 1. The van der Waals surface area contributed by atoms with E-state index in [0.29, 0.717) is 16.5 Å². The molecule has 4 aromatic rings. The molecule has 0 aliphatic rings. The van der Waals surface area contributed by atoms with Crippen LogP contribution in [0.4, 0.5) is 0 Å². The van der Waals surface area contributed by atoms with Gasteiger partial charge in [0.1, 0.15) is 10.3 Å². The maximum Gasteiger partial charge on any atom is 0.251 e. The van der Waals surface area contributed by atoms with E-state index in [2.05, 4.69) is 14.9 Å². The van der Waals surface area contributed by atoms with Gasteiger partial charge in [0.2, 0.25) is 11.8 Å². The van der Waals surface area contributed by atoms with Gasteiger partial charge in [0, 0.05) is 10.6 Å². The first-order chi connectivity index (χ1) is 13.5. The predicted molar refractivity (Wildman–Crippen MR) is 108 cm³/mol. The monoisotopic (exact) mass is 431 g/mol. The van der Waals surface area contributed by atoms with Crippen molar-refractivity contribution in [2.45, 2.75) is 10.3 Å². The lowest BCUT2D eigenvalue weighted by Gasteiger charge is -2.16. The van der Waals surface area contributed by atoms with Crippen LogP contribution in [0, 0.1) is 0 Å². The Kier molecular flexibility index (Phi) is 5.27. The van der Waals surface area contributed by atoms with Crippen LogP contribution in [0.2, 0.25) is 5.02 Å². The van der Waals surface area contributed by atoms with Gasteiger partial charge in [0.25, 0.3) is 10.0 Å². The summed E-state index contributed by atoms with van der Waals surface area (Å²) in [6.07, 6.45) is 0. The van der Waals surface area contributed by atoms with E-state index >= 15 is 0 Å². The maximum atomic E-state index is 12.8. The molecule has 0 saturated carbocycles. The van der Waals surface area contributed by atoms with Gasteiger partial charge in [-0.05, 0) is 35.2 Å². The van der Waals surface area contributed by atoms with Gasteiger partial charge in [-0.3, -0.25) is 0 Å². The summed E-state index contributed by atoms with van der Waals surface area (Å²) in [6, 6.07) is 18.4. The quantitative estimate of drug-likeness (QED) is 0.485. The molecule has 142 valence electrons. The smallest absolute Gasteiger partial charge is 0.251 e. The van der Waals surface area contributed by atoms with Crippen molar-refractivity contribution in [3.05, 3.63) is 88.6 Å². The van der Waals surface area contributed by atoms with Gasteiger partial charge in [0.05, 0.1) is 0 Å². The number of aromatic nitrogens is 2. The van der Waals surface area contributed by atoms with Gasteiger partial charge in [-0.25, -0.2) is 8.42 Å². The second-order valence-corrected chi connectivity index (χ2v) is 9.12. The molecule has 0 amide bonds. The summed E-state index contributed by atoms with van der Waals surface area (Å²) in [7, 11) is -3.80. The Morgan fingerprint density at radius 1 is 0.964 bits per heavy atom. The fourth-order valence-corrected chi connectivity index (χ4v) is 5.06. The highest BCUT2D eigenvalue weighted by Crippen LogP contribution is 2.31. The third-order valence-electron chi connectivity index (χ3n) is 3.96. The van der Waals surface area contributed by atoms with Crippen LogP contribution >= 0.6 is 22.9 Å². The first-order valence-electron chi connectivity index (χ1n) is 8.24. The Hall–Kier alpha value is -2.52. The standard InChI is InChI=1S/C19H14ClN3O3S2/c20-15-10-5-4-9-14(15)17(23-28(24,25)16-11-6-12-27-16)19-22-21-18(26-19)13-7-2-1-3-8-13/h1-12,17,23H. The van der Waals surface area contributed by atoms with Crippen molar-refractivity contribution >= 4 is 33.0 Å². The molecule has 0 saturated heterocycles. The van der Waals surface area contributed by atoms with Gasteiger partial charge in [-0.15, -0.1) is 21.5 Å². The van der Waals surface area contributed by atoms with Crippen LogP contribution in [0.15, 0.2) is 80.7 Å². The van der Waals surface area contributed by atoms with E-state index in [1.54, 1.807) is 35.7 Å². The van der Waals surface area contributed by atoms with Crippen LogP contribution < -0.4 is 4.72 Å². The minimum absolute atomic E-state index is 0.104. The summed E-state index contributed by atoms with van der Waals surface area (Å²) < 4.78 is 34.2. The van der Waals surface area contributed by atoms with E-state index in [9.17, 15) is 8.42 Å². The van der Waals surface area contributed by atoms with Gasteiger partial charge >= 0.3 is 0 Å². The highest BCUT2D eigenvalue weighted by Gasteiger charge is 2.29. The van der Waals surface area contributed by atoms with E-state index < -0.39 is 16.1 Å². The zero-order valence-electron chi connectivity index (χ0n) is 14.3. The lowest BCUT2D eigenvalue weighted by Crippen LogP contribution is -2.29. The molecule has 0 aliphatic carbocycles. The highest BCUT2D eigenvalue weighted by atomic mass is 35.5. The number of nitrogens with one attached hydrogen (secondary N) is 1. The zero-order chi connectivity index (χ0) is 19.6. The number of sulfonamides is 1.